The van der Waals surface area contributed by atoms with Crippen LogP contribution in [0.2, 0.25) is 0 Å². The van der Waals surface area contributed by atoms with Gasteiger partial charge in [-0.05, 0) is 18.2 Å². The van der Waals surface area contributed by atoms with E-state index in [0.29, 0.717) is 5.69 Å². The lowest BCUT2D eigenvalue weighted by Gasteiger charge is -1.98. The molecular formula is C10H7N2O2S-. The maximum Gasteiger partial charge on any atom is 0.0815 e. The maximum atomic E-state index is 10.6. The fraction of sp³-hybridized carbons (Fsp3) is 0. The molecule has 0 radical (unpaired) electrons. The van der Waals surface area contributed by atoms with Crippen LogP contribution in [0.5, 0.6) is 0 Å². The van der Waals surface area contributed by atoms with E-state index in [0.717, 1.165) is 21.8 Å². The fourth-order valence-electron chi connectivity index (χ4n) is 1.20. The van der Waals surface area contributed by atoms with Gasteiger partial charge < -0.3 is 15.6 Å². The molecule has 0 aliphatic carbocycles. The van der Waals surface area contributed by atoms with E-state index in [4.69, 9.17) is 5.73 Å². The van der Waals surface area contributed by atoms with Crippen LogP contribution in [0, 0.1) is 0 Å². The minimum absolute atomic E-state index is 0.201. The molecule has 0 aromatic carbocycles. The van der Waals surface area contributed by atoms with Crippen molar-refractivity contribution in [3.63, 3.8) is 0 Å². The fourth-order valence-corrected chi connectivity index (χ4v) is 2.02. The average molecular weight is 219 g/mol. The van der Waals surface area contributed by atoms with Crippen LogP contribution in [-0.4, -0.2) is 11.0 Å². The molecule has 0 amide bonds. The van der Waals surface area contributed by atoms with Crippen molar-refractivity contribution in [2.24, 2.45) is 0 Å². The molecule has 0 fully saturated rings. The maximum absolute atomic E-state index is 10.6. The summed E-state index contributed by atoms with van der Waals surface area (Å²) in [4.78, 5) is 15.5. The monoisotopic (exact) mass is 219 g/mol. The Hall–Kier alpha value is -1.88. The van der Waals surface area contributed by atoms with Crippen LogP contribution >= 0.6 is 11.3 Å². The van der Waals surface area contributed by atoms with Gasteiger partial charge in [-0.15, -0.1) is 11.3 Å². The van der Waals surface area contributed by atoms with E-state index in [9.17, 15) is 9.90 Å². The molecule has 2 aromatic rings. The first-order valence-corrected chi connectivity index (χ1v) is 5.00. The minimum Gasteiger partial charge on any atom is -0.544 e. The normalized spacial score (nSPS) is 10.1. The molecule has 4 nitrogen and oxygen atoms in total. The van der Waals surface area contributed by atoms with Crippen molar-refractivity contribution >= 4 is 23.0 Å². The van der Waals surface area contributed by atoms with Gasteiger partial charge >= 0.3 is 0 Å². The lowest BCUT2D eigenvalue weighted by Crippen LogP contribution is -2.20. The lowest BCUT2D eigenvalue weighted by atomic mass is 10.2. The second-order valence-corrected chi connectivity index (χ2v) is 4.04. The van der Waals surface area contributed by atoms with E-state index >= 15 is 0 Å². The van der Waals surface area contributed by atoms with Crippen molar-refractivity contribution in [1.82, 2.24) is 4.98 Å². The van der Waals surface area contributed by atoms with Crippen LogP contribution < -0.4 is 10.8 Å². The van der Waals surface area contributed by atoms with E-state index < -0.39 is 5.97 Å². The third-order valence-corrected chi connectivity index (χ3v) is 2.97. The highest BCUT2D eigenvalue weighted by Crippen LogP contribution is 2.28. The van der Waals surface area contributed by atoms with Gasteiger partial charge in [-0.2, -0.15) is 0 Å². The van der Waals surface area contributed by atoms with Crippen LogP contribution in [0.4, 0.5) is 5.69 Å². The summed E-state index contributed by atoms with van der Waals surface area (Å²) in [5, 5.41) is 10.6. The molecule has 0 bridgehead atoms. The zero-order valence-corrected chi connectivity index (χ0v) is 8.45. The molecule has 2 rings (SSSR count). The van der Waals surface area contributed by atoms with E-state index in [1.807, 2.05) is 0 Å². The zero-order valence-electron chi connectivity index (χ0n) is 7.64. The van der Waals surface area contributed by atoms with Gasteiger partial charge in [0.15, 0.2) is 0 Å². The molecule has 0 saturated heterocycles. The Bertz CT molecular complexity index is 508. The highest BCUT2D eigenvalue weighted by molar-refractivity contribution is 7.17. The van der Waals surface area contributed by atoms with E-state index in [1.54, 1.807) is 18.3 Å². The van der Waals surface area contributed by atoms with Crippen LogP contribution in [0.25, 0.3) is 10.4 Å². The predicted molar refractivity (Wildman–Crippen MR) is 56.3 cm³/mol. The van der Waals surface area contributed by atoms with Crippen LogP contribution in [-0.2, 0) is 0 Å². The number of rotatable bonds is 2. The van der Waals surface area contributed by atoms with Gasteiger partial charge in [0.1, 0.15) is 0 Å². The van der Waals surface area contributed by atoms with Crippen molar-refractivity contribution in [3.8, 4) is 10.4 Å². The van der Waals surface area contributed by atoms with Crippen molar-refractivity contribution < 1.29 is 9.90 Å². The molecule has 76 valence electrons. The third-order valence-electron chi connectivity index (χ3n) is 1.85. The number of nitrogens with two attached hydrogens (primary N) is 1. The van der Waals surface area contributed by atoms with Gasteiger partial charge in [0.05, 0.1) is 16.5 Å². The zero-order chi connectivity index (χ0) is 10.8. The van der Waals surface area contributed by atoms with E-state index in [1.165, 1.54) is 12.3 Å². The number of carboxylic acids is 1. The minimum atomic E-state index is -1.16. The van der Waals surface area contributed by atoms with Crippen LogP contribution in [0.1, 0.15) is 9.67 Å². The Labute approximate surface area is 90.0 Å². The standard InChI is InChI=1S/C10H8N2O2S/c11-7-3-6(4-12-5-7)8-1-2-9(15-8)10(13)14/h1-5H,11H2,(H,13,14)/p-1. The Balaban J connectivity index is 2.41. The molecule has 5 heteroatoms. The highest BCUT2D eigenvalue weighted by atomic mass is 32.1. The number of carbonyl (C=O) groups is 1. The predicted octanol–water partition coefficient (Wildman–Crippen LogP) is 0.756. The van der Waals surface area contributed by atoms with Gasteiger partial charge in [0.25, 0.3) is 0 Å². The van der Waals surface area contributed by atoms with Gasteiger partial charge in [-0.1, -0.05) is 0 Å². The van der Waals surface area contributed by atoms with E-state index in [2.05, 4.69) is 4.98 Å². The summed E-state index contributed by atoms with van der Waals surface area (Å²) in [6, 6.07) is 4.97. The van der Waals surface area contributed by atoms with Gasteiger partial charge in [0, 0.05) is 22.8 Å². The first-order chi connectivity index (χ1) is 7.16. The molecule has 15 heavy (non-hydrogen) atoms. The second-order valence-electron chi connectivity index (χ2n) is 2.96. The van der Waals surface area contributed by atoms with Crippen molar-refractivity contribution in [2.45, 2.75) is 0 Å². The van der Waals surface area contributed by atoms with Crippen molar-refractivity contribution in [2.75, 3.05) is 5.73 Å². The van der Waals surface area contributed by atoms with E-state index in [-0.39, 0.29) is 4.88 Å². The Morgan fingerprint density at radius 1 is 1.40 bits per heavy atom. The second kappa shape index (κ2) is 3.70. The van der Waals surface area contributed by atoms with Gasteiger partial charge in [0.2, 0.25) is 0 Å². The first-order valence-electron chi connectivity index (χ1n) is 4.19. The van der Waals surface area contributed by atoms with Crippen LogP contribution in [0.15, 0.2) is 30.6 Å². The number of thiophene rings is 1. The summed E-state index contributed by atoms with van der Waals surface area (Å²) in [5.74, 6) is -1.16. The lowest BCUT2D eigenvalue weighted by molar-refractivity contribution is -0.254. The molecule has 0 aliphatic heterocycles. The summed E-state index contributed by atoms with van der Waals surface area (Å²) < 4.78 is 0. The van der Waals surface area contributed by atoms with Crippen molar-refractivity contribution in [3.05, 3.63) is 35.5 Å². The number of anilines is 1. The molecule has 2 aromatic heterocycles. The summed E-state index contributed by atoms with van der Waals surface area (Å²) in [5.41, 5.74) is 6.94. The Morgan fingerprint density at radius 2 is 2.20 bits per heavy atom. The molecule has 0 spiro atoms. The van der Waals surface area contributed by atoms with Gasteiger partial charge in [-0.3, -0.25) is 4.98 Å². The number of carbonyl (C=O) groups excluding carboxylic acids is 1. The number of aromatic carboxylic acids is 1. The number of nitrogen functional groups attached to an aromatic ring is 1. The van der Waals surface area contributed by atoms with Crippen molar-refractivity contribution in [1.29, 1.82) is 0 Å². The highest BCUT2D eigenvalue weighted by Gasteiger charge is 2.03. The number of hydrogen-bond acceptors (Lipinski definition) is 5. The third kappa shape index (κ3) is 1.97. The quantitative estimate of drug-likeness (QED) is 0.808. The summed E-state index contributed by atoms with van der Waals surface area (Å²) in [7, 11) is 0. The molecule has 2 N–H and O–H groups in total. The molecular weight excluding hydrogens is 212 g/mol. The first kappa shape index (κ1) is 9.67. The number of aromatic nitrogens is 1. The number of hydrogen-bond donors (Lipinski definition) is 1. The number of carboxylic acid groups (broad SMARTS) is 1. The topological polar surface area (TPSA) is 79.0 Å². The largest absolute Gasteiger partial charge is 0.544 e. The Morgan fingerprint density at radius 3 is 2.80 bits per heavy atom. The summed E-state index contributed by atoms with van der Waals surface area (Å²) in [6.07, 6.45) is 3.18. The number of nitrogens with zero attached hydrogens (tertiary/aromatic N) is 1. The van der Waals surface area contributed by atoms with Crippen LogP contribution in [0.3, 0.4) is 0 Å². The molecule has 0 atom stereocenters. The molecule has 0 aliphatic rings. The molecule has 0 saturated carbocycles. The molecule has 0 unspecified atom stereocenters. The summed E-state index contributed by atoms with van der Waals surface area (Å²) in [6.45, 7) is 0. The Kier molecular flexibility index (Phi) is 2.39. The number of pyridine rings is 1. The SMILES string of the molecule is Nc1cncc(-c2ccc(C(=O)[O-])s2)c1. The summed E-state index contributed by atoms with van der Waals surface area (Å²) >= 11 is 1.15. The van der Waals surface area contributed by atoms with Gasteiger partial charge in [-0.25, -0.2) is 0 Å². The smallest absolute Gasteiger partial charge is 0.0815 e. The average Bonchev–Trinajstić information content (AvgIpc) is 2.66. The molecule has 2 heterocycles.